The third-order valence-corrected chi connectivity index (χ3v) is 5.93. The van der Waals surface area contributed by atoms with Crippen molar-refractivity contribution in [1.29, 1.82) is 0 Å². The van der Waals surface area contributed by atoms with E-state index in [0.29, 0.717) is 15.4 Å². The number of piperazine rings is 1. The first-order valence-corrected chi connectivity index (χ1v) is 9.38. The molecule has 0 aromatic carbocycles. The summed E-state index contributed by atoms with van der Waals surface area (Å²) in [6.45, 7) is 6.93. The molecule has 0 radical (unpaired) electrons. The van der Waals surface area contributed by atoms with Crippen LogP contribution < -0.4 is 22.1 Å². The molecule has 2 aromatic heterocycles. The Bertz CT molecular complexity index is 841. The Balaban J connectivity index is 1.86. The second-order valence-electron chi connectivity index (χ2n) is 6.83. The Hall–Kier alpha value is -2.39. The Morgan fingerprint density at radius 1 is 1.19 bits per heavy atom. The number of carbonyl (C=O) groups excluding carboxylic acids is 2. The van der Waals surface area contributed by atoms with E-state index in [1.807, 2.05) is 19.9 Å². The average molecular weight is 376 g/mol. The lowest BCUT2D eigenvalue weighted by Crippen LogP contribution is -2.56. The highest BCUT2D eigenvalue weighted by molar-refractivity contribution is 7.21. The predicted octanol–water partition coefficient (Wildman–Crippen LogP) is 0.609. The zero-order valence-corrected chi connectivity index (χ0v) is 15.8. The lowest BCUT2D eigenvalue weighted by molar-refractivity contribution is -0.124. The van der Waals surface area contributed by atoms with Crippen LogP contribution in [-0.4, -0.2) is 53.9 Å². The second-order valence-corrected chi connectivity index (χ2v) is 7.83. The van der Waals surface area contributed by atoms with Crippen LogP contribution in [0.4, 0.5) is 11.4 Å². The zero-order valence-electron chi connectivity index (χ0n) is 14.9. The normalized spacial score (nSPS) is 17.0. The molecule has 1 atom stereocenters. The fraction of sp³-hybridized carbons (Fsp3) is 0.471. The molecule has 1 aliphatic rings. The minimum Gasteiger partial charge on any atom is -0.397 e. The maximum atomic E-state index is 11.8. The number of amides is 2. The van der Waals surface area contributed by atoms with E-state index in [1.165, 1.54) is 11.3 Å². The number of nitrogens with zero attached hydrogens (tertiary/aromatic N) is 3. The average Bonchev–Trinajstić information content (AvgIpc) is 2.92. The Labute approximate surface area is 155 Å². The number of primary amides is 2. The van der Waals surface area contributed by atoms with Gasteiger partial charge in [0.05, 0.1) is 22.8 Å². The summed E-state index contributed by atoms with van der Waals surface area (Å²) in [5, 5.41) is 0.773. The fourth-order valence-corrected chi connectivity index (χ4v) is 4.58. The van der Waals surface area contributed by atoms with Crippen molar-refractivity contribution in [3.63, 3.8) is 0 Å². The van der Waals surface area contributed by atoms with Gasteiger partial charge < -0.3 is 22.1 Å². The molecule has 1 fully saturated rings. The van der Waals surface area contributed by atoms with Crippen LogP contribution in [0.3, 0.4) is 0 Å². The van der Waals surface area contributed by atoms with Gasteiger partial charge in [0, 0.05) is 32.4 Å². The van der Waals surface area contributed by atoms with Gasteiger partial charge in [-0.25, -0.2) is 4.98 Å². The van der Waals surface area contributed by atoms with Crippen LogP contribution in [0.2, 0.25) is 0 Å². The van der Waals surface area contributed by atoms with Crippen LogP contribution in [0.1, 0.15) is 23.5 Å². The second kappa shape index (κ2) is 7.08. The Kier molecular flexibility index (Phi) is 5.01. The highest BCUT2D eigenvalue weighted by Crippen LogP contribution is 2.38. The fourth-order valence-electron chi connectivity index (χ4n) is 3.65. The number of nitrogen functional groups attached to an aromatic ring is 1. The lowest BCUT2D eigenvalue weighted by Gasteiger charge is -2.40. The van der Waals surface area contributed by atoms with Gasteiger partial charge in [0.15, 0.2) is 0 Å². The maximum absolute atomic E-state index is 11.8. The lowest BCUT2D eigenvalue weighted by atomic mass is 10.0. The van der Waals surface area contributed by atoms with Crippen molar-refractivity contribution < 1.29 is 9.59 Å². The molecule has 0 saturated carbocycles. The van der Waals surface area contributed by atoms with E-state index >= 15 is 0 Å². The summed E-state index contributed by atoms with van der Waals surface area (Å²) < 4.78 is 0. The Morgan fingerprint density at radius 2 is 1.85 bits per heavy atom. The molecular formula is C17H24N6O2S. The SMILES string of the molecule is CC(C)C(C(N)=O)N1CCN(c2ccnc3sc(C(N)=O)c(N)c23)CC1. The number of pyridine rings is 1. The summed E-state index contributed by atoms with van der Waals surface area (Å²) >= 11 is 1.21. The van der Waals surface area contributed by atoms with Crippen molar-refractivity contribution in [1.82, 2.24) is 9.88 Å². The molecule has 8 nitrogen and oxygen atoms in total. The van der Waals surface area contributed by atoms with Crippen molar-refractivity contribution in [3.05, 3.63) is 17.1 Å². The van der Waals surface area contributed by atoms with Gasteiger partial charge >= 0.3 is 0 Å². The third-order valence-electron chi connectivity index (χ3n) is 4.80. The summed E-state index contributed by atoms with van der Waals surface area (Å²) in [4.78, 5) is 33.1. The van der Waals surface area contributed by atoms with Crippen molar-refractivity contribution in [2.24, 2.45) is 17.4 Å². The van der Waals surface area contributed by atoms with Gasteiger partial charge in [0.1, 0.15) is 9.71 Å². The molecular weight excluding hydrogens is 352 g/mol. The molecule has 1 unspecified atom stereocenters. The molecule has 3 rings (SSSR count). The van der Waals surface area contributed by atoms with Gasteiger partial charge in [-0.2, -0.15) is 0 Å². The molecule has 140 valence electrons. The van der Waals surface area contributed by atoms with Gasteiger partial charge in [-0.15, -0.1) is 11.3 Å². The zero-order chi connectivity index (χ0) is 19.0. The number of rotatable bonds is 5. The van der Waals surface area contributed by atoms with E-state index in [2.05, 4.69) is 14.8 Å². The molecule has 0 bridgehead atoms. The first-order valence-electron chi connectivity index (χ1n) is 8.56. The van der Waals surface area contributed by atoms with Gasteiger partial charge in [0.2, 0.25) is 5.91 Å². The van der Waals surface area contributed by atoms with E-state index in [1.54, 1.807) is 6.20 Å². The van der Waals surface area contributed by atoms with E-state index in [0.717, 1.165) is 37.3 Å². The van der Waals surface area contributed by atoms with Crippen molar-refractivity contribution in [2.45, 2.75) is 19.9 Å². The topological polar surface area (TPSA) is 132 Å². The highest BCUT2D eigenvalue weighted by atomic mass is 32.1. The molecule has 6 N–H and O–H groups in total. The van der Waals surface area contributed by atoms with E-state index in [9.17, 15) is 9.59 Å². The minimum atomic E-state index is -0.539. The quantitative estimate of drug-likeness (QED) is 0.700. The van der Waals surface area contributed by atoms with Crippen LogP contribution in [0.25, 0.3) is 10.2 Å². The summed E-state index contributed by atoms with van der Waals surface area (Å²) in [7, 11) is 0. The third kappa shape index (κ3) is 3.19. The molecule has 26 heavy (non-hydrogen) atoms. The first kappa shape index (κ1) is 18.4. The molecule has 0 spiro atoms. The summed E-state index contributed by atoms with van der Waals surface area (Å²) in [5.74, 6) is -0.659. The van der Waals surface area contributed by atoms with E-state index < -0.39 is 5.91 Å². The minimum absolute atomic E-state index is 0.164. The standard InChI is InChI=1S/C17H24N6O2S/c1-9(2)13(15(19)24)23-7-5-22(6-8-23)10-3-4-21-17-11(10)12(18)14(26-17)16(20)25/h3-4,9,13H,5-8,18H2,1-2H3,(H2,19,24)(H2,20,25). The van der Waals surface area contributed by atoms with Gasteiger partial charge in [-0.05, 0) is 12.0 Å². The summed E-state index contributed by atoms with van der Waals surface area (Å²) in [5.41, 5.74) is 18.5. The number of hydrogen-bond acceptors (Lipinski definition) is 7. The molecule has 2 amide bonds. The van der Waals surface area contributed by atoms with Gasteiger partial charge in [-0.1, -0.05) is 13.8 Å². The monoisotopic (exact) mass is 376 g/mol. The number of thiophene rings is 1. The number of anilines is 2. The molecule has 9 heteroatoms. The molecule has 2 aromatic rings. The number of nitrogens with two attached hydrogens (primary N) is 3. The van der Waals surface area contributed by atoms with Crippen LogP contribution in [-0.2, 0) is 4.79 Å². The summed E-state index contributed by atoms with van der Waals surface area (Å²) in [6, 6.07) is 1.64. The van der Waals surface area contributed by atoms with Crippen LogP contribution in [0, 0.1) is 5.92 Å². The van der Waals surface area contributed by atoms with Crippen molar-refractivity contribution >= 4 is 44.7 Å². The molecule has 1 aliphatic heterocycles. The number of carbonyl (C=O) groups is 2. The van der Waals surface area contributed by atoms with Crippen LogP contribution in [0.5, 0.6) is 0 Å². The number of hydrogen-bond donors (Lipinski definition) is 3. The van der Waals surface area contributed by atoms with Crippen LogP contribution >= 0.6 is 11.3 Å². The smallest absolute Gasteiger partial charge is 0.260 e. The van der Waals surface area contributed by atoms with E-state index in [4.69, 9.17) is 17.2 Å². The van der Waals surface area contributed by atoms with E-state index in [-0.39, 0.29) is 17.9 Å². The van der Waals surface area contributed by atoms with Gasteiger partial charge in [0.25, 0.3) is 5.91 Å². The maximum Gasteiger partial charge on any atom is 0.260 e. The molecule has 3 heterocycles. The summed E-state index contributed by atoms with van der Waals surface area (Å²) in [6.07, 6.45) is 1.71. The molecule has 0 aliphatic carbocycles. The van der Waals surface area contributed by atoms with Gasteiger partial charge in [-0.3, -0.25) is 14.5 Å². The Morgan fingerprint density at radius 3 is 2.38 bits per heavy atom. The molecule has 1 saturated heterocycles. The number of aromatic nitrogens is 1. The highest BCUT2D eigenvalue weighted by Gasteiger charge is 2.31. The largest absolute Gasteiger partial charge is 0.397 e. The van der Waals surface area contributed by atoms with Crippen LogP contribution in [0.15, 0.2) is 12.3 Å². The van der Waals surface area contributed by atoms with Crippen molar-refractivity contribution in [2.75, 3.05) is 36.8 Å². The predicted molar refractivity (Wildman–Crippen MR) is 104 cm³/mol. The van der Waals surface area contributed by atoms with Crippen molar-refractivity contribution in [3.8, 4) is 0 Å². The first-order chi connectivity index (χ1) is 12.3. The number of fused-ring (bicyclic) bond motifs is 1.